The van der Waals surface area contributed by atoms with Crippen LogP contribution in [0.1, 0.15) is 10.4 Å². The molecule has 2 rings (SSSR count). The number of carbonyl (C=O) groups is 3. The number of rotatable bonds is 7. The van der Waals surface area contributed by atoms with Crippen LogP contribution in [-0.2, 0) is 14.3 Å². The third kappa shape index (κ3) is 6.47. The highest BCUT2D eigenvalue weighted by Gasteiger charge is 2.13. The maximum atomic E-state index is 11.9. The molecule has 2 amide bonds. The first-order valence-electron chi connectivity index (χ1n) is 7.72. The molecule has 0 aromatic heterocycles. The van der Waals surface area contributed by atoms with Gasteiger partial charge < -0.3 is 20.1 Å². The minimum Gasteiger partial charge on any atom is -0.495 e. The minimum atomic E-state index is -0.759. The zero-order valence-corrected chi connectivity index (χ0v) is 15.8. The van der Waals surface area contributed by atoms with E-state index in [1.807, 2.05) is 0 Å². The van der Waals surface area contributed by atoms with E-state index in [0.29, 0.717) is 27.0 Å². The Morgan fingerprint density at radius 3 is 2.33 bits per heavy atom. The molecule has 0 aliphatic rings. The van der Waals surface area contributed by atoms with Crippen molar-refractivity contribution < 1.29 is 23.9 Å². The molecule has 0 saturated heterocycles. The van der Waals surface area contributed by atoms with Crippen LogP contribution in [0.2, 0.25) is 10.0 Å². The molecule has 2 aromatic rings. The Balaban J connectivity index is 1.78. The van der Waals surface area contributed by atoms with Crippen molar-refractivity contribution in [2.45, 2.75) is 0 Å². The minimum absolute atomic E-state index is 0.345. The highest BCUT2D eigenvalue weighted by Crippen LogP contribution is 2.27. The number of anilines is 1. The molecular formula is C18H16Cl2N2O5. The Morgan fingerprint density at radius 2 is 1.67 bits per heavy atom. The van der Waals surface area contributed by atoms with Crippen LogP contribution in [0.15, 0.2) is 42.5 Å². The summed E-state index contributed by atoms with van der Waals surface area (Å²) in [7, 11) is 1.45. The Hall–Kier alpha value is -2.77. The summed E-state index contributed by atoms with van der Waals surface area (Å²) in [5, 5.41) is 5.82. The van der Waals surface area contributed by atoms with Gasteiger partial charge >= 0.3 is 5.97 Å². The fraction of sp³-hybridized carbons (Fsp3) is 0.167. The van der Waals surface area contributed by atoms with Crippen LogP contribution < -0.4 is 15.4 Å². The lowest BCUT2D eigenvalue weighted by molar-refractivity contribution is -0.146. The molecule has 7 nitrogen and oxygen atoms in total. The quantitative estimate of drug-likeness (QED) is 0.684. The van der Waals surface area contributed by atoms with E-state index in [1.165, 1.54) is 25.3 Å². The van der Waals surface area contributed by atoms with Crippen molar-refractivity contribution in [3.05, 3.63) is 58.1 Å². The van der Waals surface area contributed by atoms with Crippen LogP contribution in [0.4, 0.5) is 5.69 Å². The van der Waals surface area contributed by atoms with Gasteiger partial charge in [0.15, 0.2) is 6.61 Å². The molecule has 0 fully saturated rings. The van der Waals surface area contributed by atoms with E-state index in [1.54, 1.807) is 24.3 Å². The van der Waals surface area contributed by atoms with Crippen LogP contribution in [0, 0.1) is 0 Å². The molecule has 0 bridgehead atoms. The van der Waals surface area contributed by atoms with E-state index in [0.717, 1.165) is 0 Å². The van der Waals surface area contributed by atoms with Gasteiger partial charge in [0.05, 0.1) is 12.8 Å². The van der Waals surface area contributed by atoms with Gasteiger partial charge in [0.1, 0.15) is 12.3 Å². The summed E-state index contributed by atoms with van der Waals surface area (Å²) in [5.74, 6) is -1.38. The van der Waals surface area contributed by atoms with Crippen LogP contribution in [-0.4, -0.2) is 38.0 Å². The van der Waals surface area contributed by atoms with E-state index >= 15 is 0 Å². The van der Waals surface area contributed by atoms with E-state index in [4.69, 9.17) is 32.7 Å². The number of amides is 2. The molecule has 27 heavy (non-hydrogen) atoms. The average Bonchev–Trinajstić information content (AvgIpc) is 2.65. The van der Waals surface area contributed by atoms with Gasteiger partial charge in [-0.3, -0.25) is 14.4 Å². The van der Waals surface area contributed by atoms with Crippen molar-refractivity contribution >= 4 is 46.7 Å². The summed E-state index contributed by atoms with van der Waals surface area (Å²) < 4.78 is 9.93. The molecule has 142 valence electrons. The van der Waals surface area contributed by atoms with Gasteiger partial charge in [-0.1, -0.05) is 23.2 Å². The van der Waals surface area contributed by atoms with Crippen LogP contribution in [0.3, 0.4) is 0 Å². The van der Waals surface area contributed by atoms with Gasteiger partial charge in [-0.25, -0.2) is 0 Å². The first kappa shape index (κ1) is 20.5. The predicted octanol–water partition coefficient (Wildman–Crippen LogP) is 2.91. The van der Waals surface area contributed by atoms with Gasteiger partial charge in [-0.05, 0) is 42.5 Å². The lowest BCUT2D eigenvalue weighted by Gasteiger charge is -2.11. The van der Waals surface area contributed by atoms with Crippen LogP contribution in [0.5, 0.6) is 5.75 Å². The summed E-state index contributed by atoms with van der Waals surface area (Å²) in [6.45, 7) is -0.902. The van der Waals surface area contributed by atoms with Crippen molar-refractivity contribution in [3.8, 4) is 5.75 Å². The fourth-order valence-corrected chi connectivity index (χ4v) is 2.32. The summed E-state index contributed by atoms with van der Waals surface area (Å²) >= 11 is 11.6. The van der Waals surface area contributed by atoms with Crippen molar-refractivity contribution in [3.63, 3.8) is 0 Å². The fourth-order valence-electron chi connectivity index (χ4n) is 2.02. The predicted molar refractivity (Wildman–Crippen MR) is 101 cm³/mol. The Labute approximate surface area is 165 Å². The number of ether oxygens (including phenoxy) is 2. The smallest absolute Gasteiger partial charge is 0.325 e. The molecule has 0 aliphatic carbocycles. The maximum Gasteiger partial charge on any atom is 0.325 e. The summed E-state index contributed by atoms with van der Waals surface area (Å²) in [6, 6.07) is 10.9. The number of carbonyl (C=O) groups excluding carboxylic acids is 3. The van der Waals surface area contributed by atoms with Gasteiger partial charge in [0, 0.05) is 15.6 Å². The third-order valence-corrected chi connectivity index (χ3v) is 3.79. The molecule has 0 aliphatic heterocycles. The molecular weight excluding hydrogens is 395 g/mol. The van der Waals surface area contributed by atoms with E-state index < -0.39 is 24.4 Å². The number of halogens is 2. The third-order valence-electron chi connectivity index (χ3n) is 3.30. The highest BCUT2D eigenvalue weighted by molar-refractivity contribution is 6.31. The Morgan fingerprint density at radius 1 is 1.00 bits per heavy atom. The highest BCUT2D eigenvalue weighted by atomic mass is 35.5. The summed E-state index contributed by atoms with van der Waals surface area (Å²) in [5.41, 5.74) is 0.695. The van der Waals surface area contributed by atoms with Crippen molar-refractivity contribution in [1.82, 2.24) is 5.32 Å². The van der Waals surface area contributed by atoms with E-state index in [2.05, 4.69) is 10.6 Å². The van der Waals surface area contributed by atoms with Crippen molar-refractivity contribution in [2.24, 2.45) is 0 Å². The standard InChI is InChI=1S/C18H16Cl2N2O5/c1-26-15-7-6-13(20)8-14(15)22-16(23)10-27-17(24)9-21-18(25)11-2-4-12(19)5-3-11/h2-8H,9-10H2,1H3,(H,21,25)(H,22,23). The maximum absolute atomic E-state index is 11.9. The molecule has 0 spiro atoms. The van der Waals surface area contributed by atoms with Crippen molar-refractivity contribution in [1.29, 1.82) is 0 Å². The second-order valence-electron chi connectivity index (χ2n) is 5.24. The van der Waals surface area contributed by atoms with Gasteiger partial charge in [0.2, 0.25) is 0 Å². The normalized spacial score (nSPS) is 10.0. The lowest BCUT2D eigenvalue weighted by atomic mass is 10.2. The second kappa shape index (κ2) is 9.80. The van der Waals surface area contributed by atoms with Gasteiger partial charge in [-0.15, -0.1) is 0 Å². The first-order chi connectivity index (χ1) is 12.9. The monoisotopic (exact) mass is 410 g/mol. The number of benzene rings is 2. The number of hydrogen-bond donors (Lipinski definition) is 2. The largest absolute Gasteiger partial charge is 0.495 e. The topological polar surface area (TPSA) is 93.7 Å². The summed E-state index contributed by atoms with van der Waals surface area (Å²) in [4.78, 5) is 35.5. The van der Waals surface area contributed by atoms with Gasteiger partial charge in [-0.2, -0.15) is 0 Å². The SMILES string of the molecule is COc1ccc(Cl)cc1NC(=O)COC(=O)CNC(=O)c1ccc(Cl)cc1. The summed E-state index contributed by atoms with van der Waals surface area (Å²) in [6.07, 6.45) is 0. The molecule has 0 atom stereocenters. The Bertz CT molecular complexity index is 840. The molecule has 0 unspecified atom stereocenters. The number of nitrogens with one attached hydrogen (secondary N) is 2. The van der Waals surface area contributed by atoms with Gasteiger partial charge in [0.25, 0.3) is 11.8 Å². The average molecular weight is 411 g/mol. The van der Waals surface area contributed by atoms with Crippen LogP contribution in [0.25, 0.3) is 0 Å². The van der Waals surface area contributed by atoms with E-state index in [-0.39, 0.29) is 6.54 Å². The zero-order valence-electron chi connectivity index (χ0n) is 14.3. The number of methoxy groups -OCH3 is 1. The van der Waals surface area contributed by atoms with Crippen molar-refractivity contribution in [2.75, 3.05) is 25.6 Å². The molecule has 0 saturated carbocycles. The van der Waals surface area contributed by atoms with E-state index in [9.17, 15) is 14.4 Å². The molecule has 9 heteroatoms. The molecule has 2 aromatic carbocycles. The molecule has 0 heterocycles. The first-order valence-corrected chi connectivity index (χ1v) is 8.47. The molecule has 2 N–H and O–H groups in total. The lowest BCUT2D eigenvalue weighted by Crippen LogP contribution is -2.32. The number of esters is 1. The number of hydrogen-bond acceptors (Lipinski definition) is 5. The molecule has 0 radical (unpaired) electrons. The zero-order chi connectivity index (χ0) is 19.8. The Kier molecular flexibility index (Phi) is 7.45. The second-order valence-corrected chi connectivity index (χ2v) is 6.12. The van der Waals surface area contributed by atoms with Crippen LogP contribution >= 0.6 is 23.2 Å².